The normalized spacial score (nSPS) is 25.0. The zero-order chi connectivity index (χ0) is 16.0. The third-order valence-electron chi connectivity index (χ3n) is 3.88. The van der Waals surface area contributed by atoms with Crippen LogP contribution in [0.25, 0.3) is 0 Å². The van der Waals surface area contributed by atoms with Crippen LogP contribution in [0.2, 0.25) is 0 Å². The van der Waals surface area contributed by atoms with Gasteiger partial charge < -0.3 is 20.6 Å². The molecule has 0 aliphatic heterocycles. The number of carbonyl (C=O) groups excluding carboxylic acids is 2. The Morgan fingerprint density at radius 2 is 2.00 bits per heavy atom. The molecule has 21 heavy (non-hydrogen) atoms. The molecule has 0 aromatic carbocycles. The first kappa shape index (κ1) is 17.3. The summed E-state index contributed by atoms with van der Waals surface area (Å²) < 4.78 is 0. The van der Waals surface area contributed by atoms with Crippen LogP contribution in [0.15, 0.2) is 0 Å². The number of aliphatic carboxylic acids is 1. The molecule has 3 N–H and O–H groups in total. The summed E-state index contributed by atoms with van der Waals surface area (Å²) in [5.41, 5.74) is -1.19. The van der Waals surface area contributed by atoms with E-state index in [9.17, 15) is 19.5 Å². The summed E-state index contributed by atoms with van der Waals surface area (Å²) in [7, 11) is 3.29. The van der Waals surface area contributed by atoms with Gasteiger partial charge in [0, 0.05) is 27.1 Å². The van der Waals surface area contributed by atoms with Crippen LogP contribution in [0.5, 0.6) is 0 Å². The fraction of sp³-hybridized carbons (Fsp3) is 0.786. The molecule has 0 radical (unpaired) electrons. The summed E-state index contributed by atoms with van der Waals surface area (Å²) in [6.45, 7) is 2.18. The van der Waals surface area contributed by atoms with E-state index in [1.807, 2.05) is 6.92 Å². The van der Waals surface area contributed by atoms with Crippen LogP contribution < -0.4 is 10.6 Å². The molecule has 7 heteroatoms. The van der Waals surface area contributed by atoms with Gasteiger partial charge in [-0.1, -0.05) is 19.8 Å². The molecule has 1 aliphatic rings. The Bertz CT molecular complexity index is 411. The Kier molecular flexibility index (Phi) is 5.99. The maximum atomic E-state index is 11.9. The Balaban J connectivity index is 2.50. The van der Waals surface area contributed by atoms with Gasteiger partial charge in [-0.25, -0.2) is 9.59 Å². The highest BCUT2D eigenvalue weighted by Crippen LogP contribution is 2.32. The molecular weight excluding hydrogens is 274 g/mol. The van der Waals surface area contributed by atoms with E-state index < -0.39 is 17.5 Å². The monoisotopic (exact) mass is 299 g/mol. The molecule has 0 saturated heterocycles. The number of urea groups is 1. The van der Waals surface area contributed by atoms with Crippen LogP contribution >= 0.6 is 0 Å². The smallest absolute Gasteiger partial charge is 0.329 e. The number of hydrogen-bond donors (Lipinski definition) is 3. The molecule has 0 aromatic rings. The van der Waals surface area contributed by atoms with Crippen LogP contribution in [0.3, 0.4) is 0 Å². The van der Waals surface area contributed by atoms with Crippen LogP contribution in [0.1, 0.15) is 39.0 Å². The van der Waals surface area contributed by atoms with Crippen LogP contribution in [-0.2, 0) is 9.59 Å². The number of carboxylic acids is 1. The average Bonchev–Trinajstić information content (AvgIpc) is 2.38. The highest BCUT2D eigenvalue weighted by atomic mass is 16.4. The predicted molar refractivity (Wildman–Crippen MR) is 77.8 cm³/mol. The Labute approximate surface area is 125 Å². The molecule has 0 aromatic heterocycles. The highest BCUT2D eigenvalue weighted by Gasteiger charge is 2.43. The largest absolute Gasteiger partial charge is 0.480 e. The van der Waals surface area contributed by atoms with E-state index in [1.54, 1.807) is 14.1 Å². The molecule has 1 rings (SSSR count). The third kappa shape index (κ3) is 4.91. The number of nitrogens with zero attached hydrogens (tertiary/aromatic N) is 1. The van der Waals surface area contributed by atoms with Gasteiger partial charge in [-0.05, 0) is 18.8 Å². The molecule has 120 valence electrons. The fourth-order valence-corrected chi connectivity index (χ4v) is 2.68. The van der Waals surface area contributed by atoms with Gasteiger partial charge in [-0.2, -0.15) is 0 Å². The topological polar surface area (TPSA) is 98.7 Å². The molecule has 2 atom stereocenters. The lowest BCUT2D eigenvalue weighted by atomic mass is 9.76. The van der Waals surface area contributed by atoms with Crippen molar-refractivity contribution in [2.75, 3.05) is 20.6 Å². The van der Waals surface area contributed by atoms with Gasteiger partial charge in [0.25, 0.3) is 0 Å². The van der Waals surface area contributed by atoms with Gasteiger partial charge in [-0.15, -0.1) is 0 Å². The molecule has 0 bridgehead atoms. The van der Waals surface area contributed by atoms with Crippen molar-refractivity contribution in [2.45, 2.75) is 44.6 Å². The molecule has 3 amide bonds. The summed E-state index contributed by atoms with van der Waals surface area (Å²) in [4.78, 5) is 36.2. The van der Waals surface area contributed by atoms with Crippen molar-refractivity contribution >= 4 is 17.9 Å². The van der Waals surface area contributed by atoms with E-state index in [0.29, 0.717) is 12.8 Å². The van der Waals surface area contributed by atoms with Crippen molar-refractivity contribution in [3.8, 4) is 0 Å². The zero-order valence-electron chi connectivity index (χ0n) is 12.9. The summed E-state index contributed by atoms with van der Waals surface area (Å²) >= 11 is 0. The van der Waals surface area contributed by atoms with Crippen molar-refractivity contribution in [3.63, 3.8) is 0 Å². The summed E-state index contributed by atoms with van der Waals surface area (Å²) in [5.74, 6) is -0.812. The van der Waals surface area contributed by atoms with Gasteiger partial charge in [0.2, 0.25) is 5.91 Å². The van der Waals surface area contributed by atoms with Gasteiger partial charge in [0.15, 0.2) is 0 Å². The molecule has 1 saturated carbocycles. The van der Waals surface area contributed by atoms with Gasteiger partial charge in [-0.3, -0.25) is 4.79 Å². The lowest BCUT2D eigenvalue weighted by Crippen LogP contribution is -2.59. The molecule has 2 unspecified atom stereocenters. The molecular formula is C14H25N3O4. The number of hydrogen-bond acceptors (Lipinski definition) is 3. The van der Waals surface area contributed by atoms with E-state index in [-0.39, 0.29) is 24.8 Å². The second-order valence-corrected chi connectivity index (χ2v) is 6.01. The van der Waals surface area contributed by atoms with E-state index in [2.05, 4.69) is 10.6 Å². The molecule has 1 fully saturated rings. The number of nitrogens with one attached hydrogen (secondary N) is 2. The van der Waals surface area contributed by atoms with Gasteiger partial charge >= 0.3 is 12.0 Å². The first-order valence-corrected chi connectivity index (χ1v) is 7.26. The summed E-state index contributed by atoms with van der Waals surface area (Å²) in [6.07, 6.45) is 2.84. The molecule has 0 spiro atoms. The lowest BCUT2D eigenvalue weighted by molar-refractivity contribution is -0.146. The standard InChI is InChI=1S/C14H25N3O4/c1-10-5-4-7-14(9-10,12(19)20)16-13(21)15-8-6-11(18)17(2)3/h10H,4-9H2,1-3H3,(H,19,20)(H2,15,16,21). The van der Waals surface area contributed by atoms with Crippen molar-refractivity contribution in [3.05, 3.63) is 0 Å². The minimum Gasteiger partial charge on any atom is -0.480 e. The van der Waals surface area contributed by atoms with E-state index in [1.165, 1.54) is 4.90 Å². The minimum absolute atomic E-state index is 0.0884. The lowest BCUT2D eigenvalue weighted by Gasteiger charge is -2.37. The molecule has 1 aliphatic carbocycles. The zero-order valence-corrected chi connectivity index (χ0v) is 12.9. The van der Waals surface area contributed by atoms with Crippen molar-refractivity contribution in [1.82, 2.24) is 15.5 Å². The van der Waals surface area contributed by atoms with E-state index in [0.717, 1.165) is 12.8 Å². The SMILES string of the molecule is CC1CCCC(NC(=O)NCCC(=O)N(C)C)(C(=O)O)C1. The number of carboxylic acid groups (broad SMARTS) is 1. The van der Waals surface area contributed by atoms with Crippen molar-refractivity contribution in [2.24, 2.45) is 5.92 Å². The minimum atomic E-state index is -1.19. The maximum absolute atomic E-state index is 11.9. The number of rotatable bonds is 5. The first-order valence-electron chi connectivity index (χ1n) is 7.26. The molecule has 0 heterocycles. The second kappa shape index (κ2) is 7.28. The quantitative estimate of drug-likeness (QED) is 0.699. The maximum Gasteiger partial charge on any atom is 0.329 e. The van der Waals surface area contributed by atoms with Crippen LogP contribution in [0.4, 0.5) is 4.79 Å². The van der Waals surface area contributed by atoms with Gasteiger partial charge in [0.05, 0.1) is 0 Å². The van der Waals surface area contributed by atoms with Crippen LogP contribution in [-0.4, -0.2) is 54.1 Å². The summed E-state index contributed by atoms with van der Waals surface area (Å²) in [6, 6.07) is -0.530. The highest BCUT2D eigenvalue weighted by molar-refractivity contribution is 5.86. The fourth-order valence-electron chi connectivity index (χ4n) is 2.68. The van der Waals surface area contributed by atoms with E-state index >= 15 is 0 Å². The Morgan fingerprint density at radius 1 is 1.33 bits per heavy atom. The Hall–Kier alpha value is -1.79. The number of carbonyl (C=O) groups is 3. The number of amides is 3. The third-order valence-corrected chi connectivity index (χ3v) is 3.88. The predicted octanol–water partition coefficient (Wildman–Crippen LogP) is 0.797. The van der Waals surface area contributed by atoms with Crippen molar-refractivity contribution < 1.29 is 19.5 Å². The average molecular weight is 299 g/mol. The van der Waals surface area contributed by atoms with Crippen LogP contribution in [0, 0.1) is 5.92 Å². The van der Waals surface area contributed by atoms with Gasteiger partial charge in [0.1, 0.15) is 5.54 Å². The summed E-state index contributed by atoms with van der Waals surface area (Å²) in [5, 5.41) is 14.6. The van der Waals surface area contributed by atoms with E-state index in [4.69, 9.17) is 0 Å². The Morgan fingerprint density at radius 3 is 2.52 bits per heavy atom. The molecule has 7 nitrogen and oxygen atoms in total. The first-order chi connectivity index (χ1) is 9.77. The van der Waals surface area contributed by atoms with Crippen molar-refractivity contribution in [1.29, 1.82) is 0 Å². The second-order valence-electron chi connectivity index (χ2n) is 6.01.